The van der Waals surface area contributed by atoms with Gasteiger partial charge in [-0.3, -0.25) is 9.59 Å². The second-order valence-electron chi connectivity index (χ2n) is 9.65. The van der Waals surface area contributed by atoms with Crippen LogP contribution in [0.15, 0.2) is 47.3 Å². The minimum absolute atomic E-state index is 0.118. The Hall–Kier alpha value is -3.60. The van der Waals surface area contributed by atoms with Gasteiger partial charge in [0.15, 0.2) is 11.9 Å². The van der Waals surface area contributed by atoms with Gasteiger partial charge < -0.3 is 20.4 Å². The van der Waals surface area contributed by atoms with Gasteiger partial charge in [-0.1, -0.05) is 35.8 Å². The fraction of sp³-hybridized carbons (Fsp3) is 0.407. The van der Waals surface area contributed by atoms with E-state index in [0.717, 1.165) is 0 Å². The average Bonchev–Trinajstić information content (AvgIpc) is 3.39. The lowest BCUT2D eigenvalue weighted by Gasteiger charge is -2.34. The normalized spacial score (nSPS) is 18.4. The Kier molecular flexibility index (Phi) is 8.48. The molecule has 1 aromatic carbocycles. The highest BCUT2D eigenvalue weighted by atomic mass is 35.5. The van der Waals surface area contributed by atoms with Gasteiger partial charge in [-0.2, -0.15) is 17.9 Å². The summed E-state index contributed by atoms with van der Waals surface area (Å²) in [4.78, 5) is 26.4. The number of nitrogens with one attached hydrogen (secondary N) is 2. The van der Waals surface area contributed by atoms with Gasteiger partial charge in [0.1, 0.15) is 17.9 Å². The van der Waals surface area contributed by atoms with Crippen LogP contribution in [0.2, 0.25) is 5.02 Å². The Bertz CT molecular complexity index is 1340. The highest BCUT2D eigenvalue weighted by Crippen LogP contribution is 2.40. The van der Waals surface area contributed by atoms with Gasteiger partial charge in [0.2, 0.25) is 5.91 Å². The molecule has 0 spiro atoms. The molecule has 208 valence electrons. The SMILES string of the molecule is CCc1nocc1C(=O)NC(C(=O)Nc1ccc(-c2c(Cl)cc[n+]([O-])c2C)cc1)C1CCC(C(F)(F)F)CC1. The van der Waals surface area contributed by atoms with Crippen molar-refractivity contribution in [3.63, 3.8) is 0 Å². The minimum Gasteiger partial charge on any atom is -0.618 e. The molecule has 2 amide bonds. The van der Waals surface area contributed by atoms with Gasteiger partial charge in [-0.25, -0.2) is 0 Å². The molecular formula is C27H28ClF3N4O4. The molecule has 0 radical (unpaired) electrons. The Morgan fingerprint density at radius 2 is 1.85 bits per heavy atom. The van der Waals surface area contributed by atoms with Crippen LogP contribution in [0, 0.1) is 24.0 Å². The lowest BCUT2D eigenvalue weighted by Crippen LogP contribution is -2.50. The van der Waals surface area contributed by atoms with Crippen molar-refractivity contribution in [2.24, 2.45) is 11.8 Å². The van der Waals surface area contributed by atoms with E-state index in [2.05, 4.69) is 15.8 Å². The van der Waals surface area contributed by atoms with E-state index in [9.17, 15) is 28.0 Å². The molecule has 39 heavy (non-hydrogen) atoms. The number of amides is 2. The van der Waals surface area contributed by atoms with Gasteiger partial charge in [0.25, 0.3) is 5.91 Å². The maximum Gasteiger partial charge on any atom is 0.391 e. The summed E-state index contributed by atoms with van der Waals surface area (Å²) in [5, 5.41) is 21.6. The molecule has 0 saturated heterocycles. The molecule has 1 atom stereocenters. The summed E-state index contributed by atoms with van der Waals surface area (Å²) >= 11 is 6.29. The summed E-state index contributed by atoms with van der Waals surface area (Å²) < 4.78 is 45.3. The van der Waals surface area contributed by atoms with Gasteiger partial charge >= 0.3 is 6.18 Å². The summed E-state index contributed by atoms with van der Waals surface area (Å²) in [6, 6.07) is 7.05. The number of anilines is 1. The number of hydrogen-bond donors (Lipinski definition) is 2. The van der Waals surface area contributed by atoms with Crippen LogP contribution in [-0.4, -0.2) is 29.2 Å². The Morgan fingerprint density at radius 1 is 1.18 bits per heavy atom. The van der Waals surface area contributed by atoms with Crippen LogP contribution >= 0.6 is 11.6 Å². The van der Waals surface area contributed by atoms with Crippen LogP contribution in [0.3, 0.4) is 0 Å². The molecule has 4 rings (SSSR count). The van der Waals surface area contributed by atoms with Crippen LogP contribution in [0.4, 0.5) is 18.9 Å². The molecular weight excluding hydrogens is 537 g/mol. The molecule has 0 aliphatic heterocycles. The van der Waals surface area contributed by atoms with Gasteiger partial charge in [-0.05, 0) is 55.7 Å². The third kappa shape index (κ3) is 6.35. The molecule has 2 aromatic heterocycles. The van der Waals surface area contributed by atoms with E-state index in [0.29, 0.717) is 44.4 Å². The number of rotatable bonds is 7. The van der Waals surface area contributed by atoms with Gasteiger partial charge in [-0.15, -0.1) is 0 Å². The monoisotopic (exact) mass is 564 g/mol. The number of aromatic nitrogens is 2. The van der Waals surface area contributed by atoms with E-state index in [1.54, 1.807) is 38.1 Å². The maximum atomic E-state index is 13.4. The highest BCUT2D eigenvalue weighted by Gasteiger charge is 2.44. The smallest absolute Gasteiger partial charge is 0.391 e. The Labute approximate surface area is 228 Å². The molecule has 3 aromatic rings. The molecule has 2 heterocycles. The lowest BCUT2D eigenvalue weighted by atomic mass is 9.78. The summed E-state index contributed by atoms with van der Waals surface area (Å²) in [7, 11) is 0. The molecule has 1 saturated carbocycles. The number of nitrogens with zero attached hydrogens (tertiary/aromatic N) is 2. The Balaban J connectivity index is 1.54. The van der Waals surface area contributed by atoms with Crippen molar-refractivity contribution in [3.05, 3.63) is 70.0 Å². The largest absolute Gasteiger partial charge is 0.618 e. The number of aryl methyl sites for hydroxylation is 1. The van der Waals surface area contributed by atoms with Crippen molar-refractivity contribution in [3.8, 4) is 11.1 Å². The summed E-state index contributed by atoms with van der Waals surface area (Å²) in [6.45, 7) is 3.44. The quantitative estimate of drug-likeness (QED) is 0.286. The summed E-state index contributed by atoms with van der Waals surface area (Å²) in [5.41, 5.74) is 2.63. The number of pyridine rings is 1. The van der Waals surface area contributed by atoms with Crippen LogP contribution < -0.4 is 15.4 Å². The van der Waals surface area contributed by atoms with Crippen molar-refractivity contribution in [2.45, 2.75) is 58.2 Å². The third-order valence-electron chi connectivity index (χ3n) is 7.23. The zero-order valence-corrected chi connectivity index (χ0v) is 22.1. The zero-order valence-electron chi connectivity index (χ0n) is 21.3. The molecule has 1 aliphatic carbocycles. The second-order valence-corrected chi connectivity index (χ2v) is 10.1. The first-order valence-corrected chi connectivity index (χ1v) is 13.0. The zero-order chi connectivity index (χ0) is 28.3. The predicted molar refractivity (Wildman–Crippen MR) is 138 cm³/mol. The molecule has 1 fully saturated rings. The van der Waals surface area contributed by atoms with E-state index in [1.165, 1.54) is 18.5 Å². The maximum absolute atomic E-state index is 13.4. The van der Waals surface area contributed by atoms with Crippen molar-refractivity contribution in [2.75, 3.05) is 5.32 Å². The Morgan fingerprint density at radius 3 is 2.46 bits per heavy atom. The fourth-order valence-corrected chi connectivity index (χ4v) is 5.30. The lowest BCUT2D eigenvalue weighted by molar-refractivity contribution is -0.611. The fourth-order valence-electron chi connectivity index (χ4n) is 4.99. The second kappa shape index (κ2) is 11.6. The van der Waals surface area contributed by atoms with Crippen molar-refractivity contribution in [1.29, 1.82) is 0 Å². The van der Waals surface area contributed by atoms with E-state index in [4.69, 9.17) is 16.1 Å². The molecule has 12 heteroatoms. The van der Waals surface area contributed by atoms with E-state index in [1.807, 2.05) is 0 Å². The van der Waals surface area contributed by atoms with E-state index in [-0.39, 0.29) is 31.2 Å². The van der Waals surface area contributed by atoms with Crippen molar-refractivity contribution >= 4 is 29.1 Å². The molecule has 0 bridgehead atoms. The number of hydrogen-bond acceptors (Lipinski definition) is 5. The first kappa shape index (κ1) is 28.4. The average molecular weight is 565 g/mol. The van der Waals surface area contributed by atoms with Gasteiger partial charge in [0.05, 0.1) is 22.2 Å². The van der Waals surface area contributed by atoms with E-state index < -0.39 is 35.9 Å². The molecule has 1 unspecified atom stereocenters. The van der Waals surface area contributed by atoms with E-state index >= 15 is 0 Å². The summed E-state index contributed by atoms with van der Waals surface area (Å²) in [5.74, 6) is -3.05. The number of alkyl halides is 3. The van der Waals surface area contributed by atoms with Crippen LogP contribution in [-0.2, 0) is 11.2 Å². The molecule has 1 aliphatic rings. The number of halogens is 4. The standard InChI is InChI=1S/C27H28ClF3N4O4/c1-3-22-20(14-39-34-22)25(36)33-24(17-4-8-18(9-5-17)27(29,30)31)26(37)32-19-10-6-16(7-11-19)23-15(2)35(38)13-12-21(23)28/h6-7,10-14,17-18,24H,3-5,8-9H2,1-2H3,(H,32,37)(H,33,36). The van der Waals surface area contributed by atoms with Crippen LogP contribution in [0.5, 0.6) is 0 Å². The van der Waals surface area contributed by atoms with Crippen LogP contribution in [0.1, 0.15) is 54.4 Å². The highest BCUT2D eigenvalue weighted by molar-refractivity contribution is 6.33. The first-order valence-electron chi connectivity index (χ1n) is 12.6. The topological polar surface area (TPSA) is 111 Å². The minimum atomic E-state index is -4.29. The third-order valence-corrected chi connectivity index (χ3v) is 7.54. The van der Waals surface area contributed by atoms with Crippen molar-refractivity contribution < 1.29 is 32.0 Å². The van der Waals surface area contributed by atoms with Gasteiger partial charge in [0, 0.05) is 18.7 Å². The van der Waals surface area contributed by atoms with Crippen LogP contribution in [0.25, 0.3) is 11.1 Å². The first-order chi connectivity index (χ1) is 18.5. The number of carbonyl (C=O) groups is 2. The predicted octanol–water partition coefficient (Wildman–Crippen LogP) is 5.61. The van der Waals surface area contributed by atoms with Crippen molar-refractivity contribution in [1.82, 2.24) is 10.5 Å². The number of benzene rings is 1. The molecule has 2 N–H and O–H groups in total. The molecule has 8 nitrogen and oxygen atoms in total. The summed E-state index contributed by atoms with van der Waals surface area (Å²) in [6.07, 6.45) is -1.34. The number of carbonyl (C=O) groups excluding carboxylic acids is 2.